The molecule has 2 atom stereocenters. The molecule has 2 aliphatic heterocycles. The number of hydrogen-bond donors (Lipinski definition) is 0. The van der Waals surface area contributed by atoms with Crippen molar-refractivity contribution in [1.82, 2.24) is 4.90 Å². The van der Waals surface area contributed by atoms with Gasteiger partial charge in [0.15, 0.2) is 0 Å². The predicted molar refractivity (Wildman–Crippen MR) is 56.8 cm³/mol. The Labute approximate surface area is 82.5 Å². The van der Waals surface area contributed by atoms with Gasteiger partial charge in [-0.3, -0.25) is 4.90 Å². The Morgan fingerprint density at radius 1 is 1.31 bits per heavy atom. The summed E-state index contributed by atoms with van der Waals surface area (Å²) in [5, 5.41) is 0. The lowest BCUT2D eigenvalue weighted by molar-refractivity contribution is 0.168. The minimum atomic E-state index is 0.714. The van der Waals surface area contributed by atoms with Crippen molar-refractivity contribution >= 4 is 0 Å². The summed E-state index contributed by atoms with van der Waals surface area (Å²) in [6.07, 6.45) is 8.65. The first-order chi connectivity index (χ1) is 6.32. The summed E-state index contributed by atoms with van der Waals surface area (Å²) in [6.45, 7) is 7.52. The molecule has 0 radical (unpaired) electrons. The summed E-state index contributed by atoms with van der Waals surface area (Å²) in [4.78, 5) is 2.75. The molecule has 0 aromatic carbocycles. The highest BCUT2D eigenvalue weighted by atomic mass is 15.2. The topological polar surface area (TPSA) is 3.24 Å². The fraction of sp³-hybridized carbons (Fsp3) is 1.00. The molecule has 2 heterocycles. The van der Waals surface area contributed by atoms with E-state index in [1.165, 1.54) is 51.6 Å². The predicted octanol–water partition coefficient (Wildman–Crippen LogP) is 3.05. The third kappa shape index (κ3) is 1.41. The van der Waals surface area contributed by atoms with Gasteiger partial charge < -0.3 is 0 Å². The standard InChI is InChI=1S/C12H23N/c1-3-7-12(4-2)8-10-13-9-5-6-11(12)13/h11H,3-10H2,1-2H3. The van der Waals surface area contributed by atoms with Gasteiger partial charge in [0, 0.05) is 6.04 Å². The van der Waals surface area contributed by atoms with E-state index in [1.807, 2.05) is 0 Å². The molecule has 0 saturated carbocycles. The molecule has 1 nitrogen and oxygen atoms in total. The van der Waals surface area contributed by atoms with Gasteiger partial charge in [0.25, 0.3) is 0 Å². The Morgan fingerprint density at radius 2 is 2.15 bits per heavy atom. The lowest BCUT2D eigenvalue weighted by Crippen LogP contribution is -2.34. The van der Waals surface area contributed by atoms with Crippen LogP contribution in [0.25, 0.3) is 0 Å². The summed E-state index contributed by atoms with van der Waals surface area (Å²) in [6, 6.07) is 0.956. The third-order valence-electron chi connectivity index (χ3n) is 4.42. The summed E-state index contributed by atoms with van der Waals surface area (Å²) in [5.74, 6) is 0. The Bertz CT molecular complexity index is 174. The summed E-state index contributed by atoms with van der Waals surface area (Å²) >= 11 is 0. The average Bonchev–Trinajstić information content (AvgIpc) is 2.69. The molecule has 2 saturated heterocycles. The fourth-order valence-corrected chi connectivity index (χ4v) is 3.70. The SMILES string of the molecule is CCCC1(CC)CCN2CCCC21. The molecule has 0 aromatic rings. The molecule has 0 aliphatic carbocycles. The van der Waals surface area contributed by atoms with E-state index < -0.39 is 0 Å². The maximum atomic E-state index is 2.75. The zero-order valence-electron chi connectivity index (χ0n) is 9.18. The normalized spacial score (nSPS) is 39.7. The van der Waals surface area contributed by atoms with Crippen LogP contribution in [0.1, 0.15) is 52.4 Å². The van der Waals surface area contributed by atoms with Crippen molar-refractivity contribution in [2.45, 2.75) is 58.4 Å². The van der Waals surface area contributed by atoms with Crippen molar-refractivity contribution in [3.05, 3.63) is 0 Å². The Morgan fingerprint density at radius 3 is 2.85 bits per heavy atom. The highest BCUT2D eigenvalue weighted by molar-refractivity contribution is 5.00. The second kappa shape index (κ2) is 3.61. The van der Waals surface area contributed by atoms with Gasteiger partial charge in [-0.15, -0.1) is 0 Å². The summed E-state index contributed by atoms with van der Waals surface area (Å²) < 4.78 is 0. The van der Waals surface area contributed by atoms with E-state index >= 15 is 0 Å². The van der Waals surface area contributed by atoms with Crippen LogP contribution in [0.3, 0.4) is 0 Å². The molecular formula is C12H23N. The Kier molecular flexibility index (Phi) is 2.64. The molecule has 2 rings (SSSR count). The quantitative estimate of drug-likeness (QED) is 0.647. The fourth-order valence-electron chi connectivity index (χ4n) is 3.70. The van der Waals surface area contributed by atoms with E-state index in [1.54, 1.807) is 0 Å². The van der Waals surface area contributed by atoms with E-state index in [0.717, 1.165) is 6.04 Å². The van der Waals surface area contributed by atoms with Crippen LogP contribution in [-0.4, -0.2) is 24.0 Å². The Balaban J connectivity index is 2.11. The van der Waals surface area contributed by atoms with Gasteiger partial charge in [0.1, 0.15) is 0 Å². The summed E-state index contributed by atoms with van der Waals surface area (Å²) in [5.41, 5.74) is 0.714. The second-order valence-electron chi connectivity index (χ2n) is 4.91. The number of nitrogens with zero attached hydrogens (tertiary/aromatic N) is 1. The molecule has 2 unspecified atom stereocenters. The molecule has 0 amide bonds. The maximum absolute atomic E-state index is 2.75. The molecule has 0 aromatic heterocycles. The monoisotopic (exact) mass is 181 g/mol. The average molecular weight is 181 g/mol. The molecule has 2 aliphatic rings. The number of rotatable bonds is 3. The van der Waals surface area contributed by atoms with Crippen molar-refractivity contribution < 1.29 is 0 Å². The van der Waals surface area contributed by atoms with E-state index in [-0.39, 0.29) is 0 Å². The zero-order valence-corrected chi connectivity index (χ0v) is 9.18. The molecule has 0 bridgehead atoms. The molecule has 0 N–H and O–H groups in total. The van der Waals surface area contributed by atoms with Crippen LogP contribution in [0.2, 0.25) is 0 Å². The van der Waals surface area contributed by atoms with Crippen molar-refractivity contribution in [3.63, 3.8) is 0 Å². The van der Waals surface area contributed by atoms with Crippen LogP contribution in [0.4, 0.5) is 0 Å². The van der Waals surface area contributed by atoms with Crippen LogP contribution < -0.4 is 0 Å². The zero-order chi connectivity index (χ0) is 9.31. The van der Waals surface area contributed by atoms with Crippen molar-refractivity contribution in [2.75, 3.05) is 13.1 Å². The van der Waals surface area contributed by atoms with Gasteiger partial charge in [-0.25, -0.2) is 0 Å². The lowest BCUT2D eigenvalue weighted by atomic mass is 9.73. The third-order valence-corrected chi connectivity index (χ3v) is 4.42. The minimum Gasteiger partial charge on any atom is -0.300 e. The second-order valence-corrected chi connectivity index (χ2v) is 4.91. The van der Waals surface area contributed by atoms with Crippen LogP contribution in [0.5, 0.6) is 0 Å². The van der Waals surface area contributed by atoms with E-state index in [2.05, 4.69) is 18.7 Å². The smallest absolute Gasteiger partial charge is 0.0152 e. The molecule has 2 fully saturated rings. The van der Waals surface area contributed by atoms with E-state index in [4.69, 9.17) is 0 Å². The van der Waals surface area contributed by atoms with Gasteiger partial charge in [-0.05, 0) is 50.6 Å². The van der Waals surface area contributed by atoms with Crippen LogP contribution in [-0.2, 0) is 0 Å². The molecule has 1 heteroatoms. The van der Waals surface area contributed by atoms with Crippen molar-refractivity contribution in [3.8, 4) is 0 Å². The van der Waals surface area contributed by atoms with Crippen LogP contribution in [0, 0.1) is 5.41 Å². The highest BCUT2D eigenvalue weighted by Crippen LogP contribution is 2.47. The first kappa shape index (κ1) is 9.51. The van der Waals surface area contributed by atoms with E-state index in [0.29, 0.717) is 5.41 Å². The van der Waals surface area contributed by atoms with Gasteiger partial charge in [0.05, 0.1) is 0 Å². The minimum absolute atomic E-state index is 0.714. The van der Waals surface area contributed by atoms with Gasteiger partial charge in [-0.1, -0.05) is 20.3 Å². The molecule has 0 spiro atoms. The Hall–Kier alpha value is -0.0400. The van der Waals surface area contributed by atoms with E-state index in [9.17, 15) is 0 Å². The van der Waals surface area contributed by atoms with Crippen LogP contribution >= 0.6 is 0 Å². The van der Waals surface area contributed by atoms with Gasteiger partial charge >= 0.3 is 0 Å². The largest absolute Gasteiger partial charge is 0.300 e. The summed E-state index contributed by atoms with van der Waals surface area (Å²) in [7, 11) is 0. The van der Waals surface area contributed by atoms with Crippen molar-refractivity contribution in [2.24, 2.45) is 5.41 Å². The first-order valence-corrected chi connectivity index (χ1v) is 6.06. The number of hydrogen-bond acceptors (Lipinski definition) is 1. The highest BCUT2D eigenvalue weighted by Gasteiger charge is 2.46. The maximum Gasteiger partial charge on any atom is 0.0152 e. The number of fused-ring (bicyclic) bond motifs is 1. The first-order valence-electron chi connectivity index (χ1n) is 6.06. The van der Waals surface area contributed by atoms with Gasteiger partial charge in [0.2, 0.25) is 0 Å². The van der Waals surface area contributed by atoms with Crippen LogP contribution in [0.15, 0.2) is 0 Å². The van der Waals surface area contributed by atoms with Gasteiger partial charge in [-0.2, -0.15) is 0 Å². The lowest BCUT2D eigenvalue weighted by Gasteiger charge is -2.34. The molecule has 13 heavy (non-hydrogen) atoms. The molecular weight excluding hydrogens is 158 g/mol. The van der Waals surface area contributed by atoms with Crippen molar-refractivity contribution in [1.29, 1.82) is 0 Å². The molecule has 76 valence electrons.